The van der Waals surface area contributed by atoms with Crippen LogP contribution in [0.15, 0.2) is 87.6 Å². The molecule has 2 aromatic carbocycles. The first-order valence-corrected chi connectivity index (χ1v) is 9.62. The van der Waals surface area contributed by atoms with E-state index in [9.17, 15) is 8.42 Å². The monoisotopic (exact) mass is 356 g/mol. The van der Waals surface area contributed by atoms with Gasteiger partial charge in [-0.2, -0.15) is 0 Å². The van der Waals surface area contributed by atoms with Crippen LogP contribution in [-0.4, -0.2) is 13.4 Å². The highest BCUT2D eigenvalue weighted by molar-refractivity contribution is 7.99. The molecule has 6 heteroatoms. The number of nitrogens with zero attached hydrogens (tertiary/aromatic N) is 1. The summed E-state index contributed by atoms with van der Waals surface area (Å²) in [6.07, 6.45) is 0. The lowest BCUT2D eigenvalue weighted by Gasteiger charge is -2.09. The molecule has 0 radical (unpaired) electrons. The van der Waals surface area contributed by atoms with Gasteiger partial charge in [0.2, 0.25) is 0 Å². The van der Waals surface area contributed by atoms with Crippen LogP contribution in [-0.2, 0) is 10.0 Å². The van der Waals surface area contributed by atoms with Crippen molar-refractivity contribution in [2.75, 3.05) is 4.72 Å². The van der Waals surface area contributed by atoms with Crippen molar-refractivity contribution in [2.45, 2.75) is 21.7 Å². The van der Waals surface area contributed by atoms with Crippen LogP contribution < -0.4 is 4.72 Å². The Morgan fingerprint density at radius 3 is 2.29 bits per heavy atom. The largest absolute Gasteiger partial charge is 0.263 e. The van der Waals surface area contributed by atoms with Crippen molar-refractivity contribution < 1.29 is 8.42 Å². The van der Waals surface area contributed by atoms with Gasteiger partial charge in [-0.1, -0.05) is 53.7 Å². The molecule has 24 heavy (non-hydrogen) atoms. The van der Waals surface area contributed by atoms with Gasteiger partial charge in [-0.15, -0.1) is 0 Å². The van der Waals surface area contributed by atoms with Crippen molar-refractivity contribution in [2.24, 2.45) is 0 Å². The number of hydrogen-bond acceptors (Lipinski definition) is 4. The molecule has 0 unspecified atom stereocenters. The number of aromatic nitrogens is 1. The first kappa shape index (κ1) is 16.5. The molecule has 0 spiro atoms. The third-order valence-corrected chi connectivity index (χ3v) is 5.57. The molecule has 0 atom stereocenters. The highest BCUT2D eigenvalue weighted by Crippen LogP contribution is 2.27. The van der Waals surface area contributed by atoms with Gasteiger partial charge >= 0.3 is 0 Å². The smallest absolute Gasteiger partial charge is 0.263 e. The highest BCUT2D eigenvalue weighted by Gasteiger charge is 2.14. The molecule has 0 bridgehead atoms. The fourth-order valence-electron chi connectivity index (χ4n) is 2.05. The van der Waals surface area contributed by atoms with E-state index in [1.807, 2.05) is 43.3 Å². The lowest BCUT2D eigenvalue weighted by molar-refractivity contribution is 0.601. The van der Waals surface area contributed by atoms with Crippen LogP contribution in [0.2, 0.25) is 0 Å². The van der Waals surface area contributed by atoms with Crippen LogP contribution >= 0.6 is 11.8 Å². The number of rotatable bonds is 5. The quantitative estimate of drug-likeness (QED) is 0.739. The van der Waals surface area contributed by atoms with Crippen molar-refractivity contribution in [1.82, 2.24) is 4.98 Å². The standard InChI is InChI=1S/C18H16N2O2S2/c1-14-10-12-16(13-11-14)24(21,22)20-17-8-5-9-18(19-17)23-15-6-3-2-4-7-15/h2-13H,1H3,(H,19,20). The predicted octanol–water partition coefficient (Wildman–Crippen LogP) is 4.34. The van der Waals surface area contributed by atoms with Crippen molar-refractivity contribution in [3.63, 3.8) is 0 Å². The predicted molar refractivity (Wildman–Crippen MR) is 96.8 cm³/mol. The maximum atomic E-state index is 12.4. The molecule has 0 aliphatic heterocycles. The second kappa shape index (κ2) is 7.07. The van der Waals surface area contributed by atoms with E-state index in [1.165, 1.54) is 11.8 Å². The van der Waals surface area contributed by atoms with Crippen LogP contribution in [0, 0.1) is 6.92 Å². The number of sulfonamides is 1. The van der Waals surface area contributed by atoms with Gasteiger partial charge in [-0.3, -0.25) is 4.72 Å². The molecule has 0 amide bonds. The normalized spacial score (nSPS) is 11.2. The second-order valence-corrected chi connectivity index (χ2v) is 7.97. The Kier molecular flexibility index (Phi) is 4.87. The lowest BCUT2D eigenvalue weighted by atomic mass is 10.2. The number of aryl methyl sites for hydroxylation is 1. The summed E-state index contributed by atoms with van der Waals surface area (Å²) in [4.78, 5) is 5.63. The maximum absolute atomic E-state index is 12.4. The van der Waals surface area contributed by atoms with E-state index in [1.54, 1.807) is 36.4 Å². The van der Waals surface area contributed by atoms with Crippen molar-refractivity contribution >= 4 is 27.6 Å². The number of pyridine rings is 1. The first-order valence-electron chi connectivity index (χ1n) is 7.32. The molecule has 3 rings (SSSR count). The molecule has 0 fully saturated rings. The van der Waals surface area contributed by atoms with E-state index in [0.29, 0.717) is 5.82 Å². The molecular formula is C18H16N2O2S2. The van der Waals surface area contributed by atoms with Gasteiger partial charge in [0.25, 0.3) is 10.0 Å². The maximum Gasteiger partial charge on any atom is 0.263 e. The Morgan fingerprint density at radius 2 is 1.58 bits per heavy atom. The highest BCUT2D eigenvalue weighted by atomic mass is 32.2. The molecule has 4 nitrogen and oxygen atoms in total. The van der Waals surface area contributed by atoms with E-state index < -0.39 is 10.0 Å². The molecule has 1 aromatic heterocycles. The summed E-state index contributed by atoms with van der Waals surface area (Å²) < 4.78 is 27.4. The van der Waals surface area contributed by atoms with Crippen LogP contribution in [0.1, 0.15) is 5.56 Å². The molecule has 0 saturated heterocycles. The Labute approximate surface area is 146 Å². The van der Waals surface area contributed by atoms with E-state index in [-0.39, 0.29) is 4.90 Å². The molecule has 0 aliphatic carbocycles. The Bertz CT molecular complexity index is 925. The van der Waals surface area contributed by atoms with Gasteiger partial charge in [0.05, 0.1) is 4.90 Å². The minimum absolute atomic E-state index is 0.219. The second-order valence-electron chi connectivity index (χ2n) is 5.19. The number of hydrogen-bond donors (Lipinski definition) is 1. The van der Waals surface area contributed by atoms with Gasteiger partial charge in [-0.25, -0.2) is 13.4 Å². The summed E-state index contributed by atoms with van der Waals surface area (Å²) in [5.74, 6) is 0.302. The summed E-state index contributed by atoms with van der Waals surface area (Å²) in [7, 11) is -3.64. The zero-order chi connectivity index (χ0) is 17.0. The average Bonchev–Trinajstić information content (AvgIpc) is 2.56. The Balaban J connectivity index is 1.80. The summed E-state index contributed by atoms with van der Waals surface area (Å²) in [5, 5.41) is 0.727. The van der Waals surface area contributed by atoms with Crippen molar-refractivity contribution in [3.05, 3.63) is 78.4 Å². The minimum atomic E-state index is -3.64. The zero-order valence-electron chi connectivity index (χ0n) is 13.0. The molecule has 0 aliphatic rings. The van der Waals surface area contributed by atoms with Crippen LogP contribution in [0.5, 0.6) is 0 Å². The van der Waals surface area contributed by atoms with E-state index in [2.05, 4.69) is 9.71 Å². The molecule has 122 valence electrons. The van der Waals surface area contributed by atoms with Gasteiger partial charge in [0.15, 0.2) is 0 Å². The fourth-order valence-corrected chi connectivity index (χ4v) is 3.88. The fraction of sp³-hybridized carbons (Fsp3) is 0.0556. The molecule has 0 saturated carbocycles. The summed E-state index contributed by atoms with van der Waals surface area (Å²) in [6, 6.07) is 21.8. The average molecular weight is 356 g/mol. The van der Waals surface area contributed by atoms with Crippen LogP contribution in [0.3, 0.4) is 0 Å². The minimum Gasteiger partial charge on any atom is -0.263 e. The Hall–Kier alpha value is -2.31. The lowest BCUT2D eigenvalue weighted by Crippen LogP contribution is -2.13. The van der Waals surface area contributed by atoms with Crippen LogP contribution in [0.25, 0.3) is 0 Å². The van der Waals surface area contributed by atoms with Gasteiger partial charge in [0, 0.05) is 4.90 Å². The first-order chi connectivity index (χ1) is 11.5. The molecule has 1 N–H and O–H groups in total. The van der Waals surface area contributed by atoms with Gasteiger partial charge in [-0.05, 0) is 43.3 Å². The third kappa shape index (κ3) is 4.15. The van der Waals surface area contributed by atoms with Gasteiger partial charge < -0.3 is 0 Å². The number of anilines is 1. The SMILES string of the molecule is Cc1ccc(S(=O)(=O)Nc2cccc(Sc3ccccc3)n2)cc1. The number of nitrogens with one attached hydrogen (secondary N) is 1. The van der Waals surface area contributed by atoms with Crippen molar-refractivity contribution in [3.8, 4) is 0 Å². The summed E-state index contributed by atoms with van der Waals surface area (Å²) >= 11 is 1.48. The van der Waals surface area contributed by atoms with E-state index in [0.717, 1.165) is 15.5 Å². The topological polar surface area (TPSA) is 59.1 Å². The summed E-state index contributed by atoms with van der Waals surface area (Å²) in [5.41, 5.74) is 1.01. The van der Waals surface area contributed by atoms with Crippen LogP contribution in [0.4, 0.5) is 5.82 Å². The molecule has 1 heterocycles. The summed E-state index contributed by atoms with van der Waals surface area (Å²) in [6.45, 7) is 1.91. The molecule has 3 aromatic rings. The Morgan fingerprint density at radius 1 is 0.875 bits per heavy atom. The zero-order valence-corrected chi connectivity index (χ0v) is 14.6. The van der Waals surface area contributed by atoms with Crippen molar-refractivity contribution in [1.29, 1.82) is 0 Å². The van der Waals surface area contributed by atoms with E-state index >= 15 is 0 Å². The third-order valence-electron chi connectivity index (χ3n) is 3.26. The molecular weight excluding hydrogens is 340 g/mol. The van der Waals surface area contributed by atoms with Gasteiger partial charge in [0.1, 0.15) is 10.8 Å². The number of benzene rings is 2. The van der Waals surface area contributed by atoms with E-state index in [4.69, 9.17) is 0 Å².